The number of carbonyl (C=O) groups excluding carboxylic acids is 1. The van der Waals surface area contributed by atoms with Crippen LogP contribution in [0.15, 0.2) is 41.1 Å². The Balaban J connectivity index is 3.18. The van der Waals surface area contributed by atoms with Gasteiger partial charge in [0.25, 0.3) is 5.69 Å². The Morgan fingerprint density at radius 3 is 2.32 bits per heavy atom. The number of aliphatic imine (C=N–C) groups is 1. The van der Waals surface area contributed by atoms with Crippen molar-refractivity contribution >= 4 is 23.2 Å². The molecule has 0 fully saturated rings. The molecule has 1 rings (SSSR count). The third-order valence-corrected chi connectivity index (χ3v) is 2.61. The third kappa shape index (κ3) is 6.24. The van der Waals surface area contributed by atoms with Crippen LogP contribution in [0.2, 0.25) is 0 Å². The predicted molar refractivity (Wildman–Crippen MR) is 82.3 cm³/mol. The van der Waals surface area contributed by atoms with Gasteiger partial charge in [-0.1, -0.05) is 6.92 Å². The number of carbonyl (C=O) groups is 1. The van der Waals surface area contributed by atoms with Gasteiger partial charge in [-0.2, -0.15) is 13.2 Å². The van der Waals surface area contributed by atoms with Crippen molar-refractivity contribution in [2.75, 3.05) is 6.61 Å². The molecule has 0 N–H and O–H groups in total. The average molecular weight is 360 g/mol. The highest BCUT2D eigenvalue weighted by Gasteiger charge is 2.40. The van der Waals surface area contributed by atoms with Gasteiger partial charge in [0, 0.05) is 12.1 Å². The molecule has 1 aromatic rings. The van der Waals surface area contributed by atoms with E-state index in [-0.39, 0.29) is 24.4 Å². The lowest BCUT2D eigenvalue weighted by Gasteiger charge is -2.13. The summed E-state index contributed by atoms with van der Waals surface area (Å²) in [6.45, 7) is 3.06. The van der Waals surface area contributed by atoms with Gasteiger partial charge in [0.1, 0.15) is 0 Å². The monoisotopic (exact) mass is 360 g/mol. The smallest absolute Gasteiger partial charge is 0.460 e. The lowest BCUT2D eigenvalue weighted by Crippen LogP contribution is -2.27. The molecule has 0 saturated heterocycles. The summed E-state index contributed by atoms with van der Waals surface area (Å²) in [5.41, 5.74) is -0.524. The van der Waals surface area contributed by atoms with Crippen LogP contribution in [0.3, 0.4) is 0 Å². The molecule has 0 radical (unpaired) electrons. The number of nitro benzene ring substituents is 1. The quantitative estimate of drug-likeness (QED) is 0.145. The number of esters is 1. The van der Waals surface area contributed by atoms with Gasteiger partial charge < -0.3 is 9.47 Å². The number of ether oxygens (including phenoxy) is 2. The summed E-state index contributed by atoms with van der Waals surface area (Å²) in [6, 6.07) is 4.06. The van der Waals surface area contributed by atoms with E-state index in [1.807, 2.05) is 0 Å². The number of rotatable bonds is 6. The van der Waals surface area contributed by atoms with Crippen LogP contribution in [0.5, 0.6) is 0 Å². The first-order valence-electron chi connectivity index (χ1n) is 7.14. The molecule has 0 aliphatic carbocycles. The first-order valence-corrected chi connectivity index (χ1v) is 7.14. The largest absolute Gasteiger partial charge is 0.468 e. The molecule has 1 aromatic carbocycles. The van der Waals surface area contributed by atoms with Crippen molar-refractivity contribution in [3.8, 4) is 0 Å². The van der Waals surface area contributed by atoms with E-state index in [4.69, 9.17) is 0 Å². The fourth-order valence-corrected chi connectivity index (χ4v) is 1.57. The van der Waals surface area contributed by atoms with Gasteiger partial charge in [0.2, 0.25) is 5.76 Å². The van der Waals surface area contributed by atoms with Gasteiger partial charge in [0.15, 0.2) is 0 Å². The summed E-state index contributed by atoms with van der Waals surface area (Å²) in [4.78, 5) is 24.8. The predicted octanol–water partition coefficient (Wildman–Crippen LogP) is 4.06. The molecular weight excluding hydrogens is 345 g/mol. The van der Waals surface area contributed by atoms with Gasteiger partial charge >= 0.3 is 18.0 Å². The van der Waals surface area contributed by atoms with Crippen LogP contribution in [-0.4, -0.2) is 29.6 Å². The molecule has 25 heavy (non-hydrogen) atoms. The maximum absolute atomic E-state index is 13.1. The van der Waals surface area contributed by atoms with Crippen LogP contribution in [0, 0.1) is 10.1 Å². The summed E-state index contributed by atoms with van der Waals surface area (Å²) < 4.78 is 48.6. The van der Waals surface area contributed by atoms with Crippen LogP contribution in [-0.2, 0) is 14.3 Å². The van der Waals surface area contributed by atoms with Gasteiger partial charge in [-0.3, -0.25) is 10.1 Å². The van der Waals surface area contributed by atoms with Gasteiger partial charge in [0.05, 0.1) is 17.2 Å². The molecule has 0 aromatic heterocycles. The number of benzene rings is 1. The molecule has 0 atom stereocenters. The standard InChI is InChI=1S/C15H15F3N2O5/c1-3-5-12(13(21)24-4-2)25-14(15(16,17)18)19-10-6-8-11(9-7-10)20(22)23/h5-9H,3-4H2,1-2H3/b12-5-,19-14?. The second kappa shape index (κ2) is 8.81. The molecule has 0 unspecified atom stereocenters. The molecule has 0 aliphatic rings. The van der Waals surface area contributed by atoms with E-state index in [0.717, 1.165) is 30.3 Å². The van der Waals surface area contributed by atoms with Crippen LogP contribution in [0.1, 0.15) is 20.3 Å². The highest BCUT2D eigenvalue weighted by Crippen LogP contribution is 2.25. The Bertz CT molecular complexity index is 681. The number of non-ortho nitro benzene ring substituents is 1. The van der Waals surface area contributed by atoms with Gasteiger partial charge in [-0.15, -0.1) is 0 Å². The zero-order valence-electron chi connectivity index (χ0n) is 13.4. The molecule has 0 amide bonds. The Hall–Kier alpha value is -2.91. The molecular formula is C15H15F3N2O5. The van der Waals surface area contributed by atoms with Crippen LogP contribution >= 0.6 is 0 Å². The molecule has 10 heteroatoms. The fourth-order valence-electron chi connectivity index (χ4n) is 1.57. The maximum Gasteiger partial charge on any atom is 0.468 e. The van der Waals surface area contributed by atoms with Crippen LogP contribution in [0.4, 0.5) is 24.5 Å². The molecule has 0 aliphatic heterocycles. The Morgan fingerprint density at radius 2 is 1.88 bits per heavy atom. The normalized spacial score (nSPS) is 12.7. The zero-order chi connectivity index (χ0) is 19.0. The van der Waals surface area contributed by atoms with E-state index in [9.17, 15) is 28.1 Å². The van der Waals surface area contributed by atoms with Gasteiger partial charge in [-0.25, -0.2) is 9.79 Å². The maximum atomic E-state index is 13.1. The Labute approximate surface area is 140 Å². The number of halogens is 3. The first kappa shape index (κ1) is 20.1. The van der Waals surface area contributed by atoms with Gasteiger partial charge in [-0.05, 0) is 31.6 Å². The minimum absolute atomic E-state index is 0.0376. The van der Waals surface area contributed by atoms with E-state index in [2.05, 4.69) is 14.5 Å². The Morgan fingerprint density at radius 1 is 1.28 bits per heavy atom. The zero-order valence-corrected chi connectivity index (χ0v) is 13.4. The molecule has 0 saturated carbocycles. The van der Waals surface area contributed by atoms with Crippen molar-refractivity contribution in [1.29, 1.82) is 0 Å². The van der Waals surface area contributed by atoms with Crippen molar-refractivity contribution < 1.29 is 32.4 Å². The number of alkyl halides is 3. The average Bonchev–Trinajstić information content (AvgIpc) is 2.53. The first-order chi connectivity index (χ1) is 11.7. The van der Waals surface area contributed by atoms with E-state index in [0.29, 0.717) is 0 Å². The Kier molecular flexibility index (Phi) is 7.09. The molecule has 7 nitrogen and oxygen atoms in total. The van der Waals surface area contributed by atoms with E-state index in [1.54, 1.807) is 6.92 Å². The van der Waals surface area contributed by atoms with Crippen molar-refractivity contribution in [1.82, 2.24) is 0 Å². The van der Waals surface area contributed by atoms with Crippen molar-refractivity contribution in [2.45, 2.75) is 26.4 Å². The summed E-state index contributed by atoms with van der Waals surface area (Å²) in [5, 5.41) is 10.6. The second-order valence-electron chi connectivity index (χ2n) is 4.49. The highest BCUT2D eigenvalue weighted by molar-refractivity contribution is 5.93. The minimum atomic E-state index is -4.99. The van der Waals surface area contributed by atoms with E-state index >= 15 is 0 Å². The number of hydrogen-bond donors (Lipinski definition) is 0. The summed E-state index contributed by atoms with van der Waals surface area (Å²) in [5.74, 6) is -3.37. The lowest BCUT2D eigenvalue weighted by molar-refractivity contribution is -0.384. The molecule has 0 spiro atoms. The number of allylic oxidation sites excluding steroid dienone is 1. The fraction of sp³-hybridized carbons (Fsp3) is 0.333. The number of nitro groups is 1. The van der Waals surface area contributed by atoms with Crippen molar-refractivity contribution in [3.05, 3.63) is 46.2 Å². The molecule has 0 heterocycles. The molecule has 0 bridgehead atoms. The van der Waals surface area contributed by atoms with Crippen LogP contribution < -0.4 is 0 Å². The highest BCUT2D eigenvalue weighted by atomic mass is 19.4. The van der Waals surface area contributed by atoms with Crippen molar-refractivity contribution in [3.63, 3.8) is 0 Å². The van der Waals surface area contributed by atoms with E-state index < -0.39 is 28.7 Å². The topological polar surface area (TPSA) is 91.0 Å². The molecule has 136 valence electrons. The summed E-state index contributed by atoms with van der Waals surface area (Å²) >= 11 is 0. The SMILES string of the molecule is CC/C=C(\OC(=Nc1ccc([N+](=O)[O-])cc1)C(F)(F)F)C(=O)OCC. The van der Waals surface area contributed by atoms with Crippen LogP contribution in [0.25, 0.3) is 0 Å². The van der Waals surface area contributed by atoms with E-state index in [1.165, 1.54) is 6.92 Å². The van der Waals surface area contributed by atoms with Crippen molar-refractivity contribution in [2.24, 2.45) is 4.99 Å². The lowest BCUT2D eigenvalue weighted by atomic mass is 10.3. The second-order valence-corrected chi connectivity index (χ2v) is 4.49. The number of nitrogens with zero attached hydrogens (tertiary/aromatic N) is 2. The number of hydrogen-bond acceptors (Lipinski definition) is 6. The summed E-state index contributed by atoms with van der Waals surface area (Å²) in [7, 11) is 0. The summed E-state index contributed by atoms with van der Waals surface area (Å²) in [6.07, 6.45) is -3.62. The third-order valence-electron chi connectivity index (χ3n) is 2.61. The minimum Gasteiger partial charge on any atom is -0.460 e.